The summed E-state index contributed by atoms with van der Waals surface area (Å²) < 4.78 is 11.4. The topological polar surface area (TPSA) is 90.4 Å². The molecule has 5 rings (SSSR count). The minimum Gasteiger partial charge on any atom is -0.497 e. The molecule has 0 atom stereocenters. The van der Waals surface area contributed by atoms with Crippen LogP contribution < -0.4 is 10.1 Å². The maximum absolute atomic E-state index is 13.0. The summed E-state index contributed by atoms with van der Waals surface area (Å²) in [6.45, 7) is -0.462. The van der Waals surface area contributed by atoms with Crippen LogP contribution in [0.2, 0.25) is 5.02 Å². The van der Waals surface area contributed by atoms with Crippen molar-refractivity contribution in [2.24, 2.45) is 0 Å². The number of ether oxygens (including phenoxy) is 2. The molecule has 0 aliphatic rings. The molecule has 3 aromatic carbocycles. The Kier molecular flexibility index (Phi) is 6.31. The van der Waals surface area contributed by atoms with E-state index in [1.165, 1.54) is 11.3 Å². The largest absolute Gasteiger partial charge is 0.497 e. The molecule has 9 heteroatoms. The second kappa shape index (κ2) is 9.69. The first-order chi connectivity index (χ1) is 17.0. The highest BCUT2D eigenvalue weighted by atomic mass is 35.5. The van der Waals surface area contributed by atoms with E-state index in [0.29, 0.717) is 43.6 Å². The van der Waals surface area contributed by atoms with Gasteiger partial charge in [-0.05, 0) is 36.4 Å². The number of esters is 1. The highest BCUT2D eigenvalue weighted by molar-refractivity contribution is 7.22. The van der Waals surface area contributed by atoms with Gasteiger partial charge in [0.2, 0.25) is 0 Å². The van der Waals surface area contributed by atoms with Gasteiger partial charge in [-0.1, -0.05) is 59.3 Å². The number of aromatic nitrogens is 2. The molecular formula is C26H18ClN3O4S. The van der Waals surface area contributed by atoms with Crippen LogP contribution in [0.3, 0.4) is 0 Å². The number of hydrogen-bond donors (Lipinski definition) is 1. The second-order valence-corrected chi connectivity index (χ2v) is 8.97. The standard InChI is InChI=1S/C26H18ClN3O4S/c1-33-15-10-11-21-23(12-15)35-26(29-21)30-24(31)14-34-25(32)18-13-22(17-7-2-4-8-19(17)27)28-20-9-5-3-6-16(18)20/h2-13H,14H2,1H3,(H,29,30,31). The van der Waals surface area contributed by atoms with E-state index in [9.17, 15) is 9.59 Å². The SMILES string of the molecule is COc1ccc2nc(NC(=O)COC(=O)c3cc(-c4ccccc4Cl)nc4ccccc34)sc2c1. The van der Waals surface area contributed by atoms with Crippen LogP contribution >= 0.6 is 22.9 Å². The average molecular weight is 504 g/mol. The van der Waals surface area contributed by atoms with Crippen molar-refractivity contribution in [3.8, 4) is 17.0 Å². The normalized spacial score (nSPS) is 10.9. The molecule has 0 saturated heterocycles. The van der Waals surface area contributed by atoms with Gasteiger partial charge < -0.3 is 9.47 Å². The number of fused-ring (bicyclic) bond motifs is 2. The van der Waals surface area contributed by atoms with Gasteiger partial charge in [-0.15, -0.1) is 0 Å². The number of anilines is 1. The molecule has 0 radical (unpaired) electrons. The van der Waals surface area contributed by atoms with Gasteiger partial charge in [0, 0.05) is 16.0 Å². The summed E-state index contributed by atoms with van der Waals surface area (Å²) in [7, 11) is 1.59. The van der Waals surface area contributed by atoms with E-state index in [1.807, 2.05) is 42.5 Å². The van der Waals surface area contributed by atoms with E-state index in [1.54, 1.807) is 37.4 Å². The monoisotopic (exact) mass is 503 g/mol. The van der Waals surface area contributed by atoms with Gasteiger partial charge in [-0.25, -0.2) is 14.8 Å². The molecule has 1 N–H and O–H groups in total. The number of carbonyl (C=O) groups excluding carboxylic acids is 2. The molecule has 7 nitrogen and oxygen atoms in total. The third-order valence-electron chi connectivity index (χ3n) is 5.26. The molecule has 174 valence electrons. The van der Waals surface area contributed by atoms with Crippen molar-refractivity contribution in [3.63, 3.8) is 0 Å². The molecule has 0 spiro atoms. The van der Waals surface area contributed by atoms with Crippen molar-refractivity contribution >= 4 is 61.1 Å². The molecule has 2 heterocycles. The lowest BCUT2D eigenvalue weighted by molar-refractivity contribution is -0.119. The van der Waals surface area contributed by atoms with Crippen LogP contribution in [-0.4, -0.2) is 35.6 Å². The molecule has 1 amide bonds. The molecule has 0 aliphatic heterocycles. The number of benzene rings is 3. The van der Waals surface area contributed by atoms with E-state index in [4.69, 9.17) is 21.1 Å². The molecular weight excluding hydrogens is 486 g/mol. The Morgan fingerprint density at radius 1 is 0.971 bits per heavy atom. The fourth-order valence-electron chi connectivity index (χ4n) is 3.60. The van der Waals surface area contributed by atoms with Crippen molar-refractivity contribution in [1.82, 2.24) is 9.97 Å². The summed E-state index contributed by atoms with van der Waals surface area (Å²) in [6, 6.07) is 21.6. The van der Waals surface area contributed by atoms with Crippen LogP contribution in [0, 0.1) is 0 Å². The number of amides is 1. The van der Waals surface area contributed by atoms with Crippen LogP contribution in [0.5, 0.6) is 5.75 Å². The number of methoxy groups -OCH3 is 1. The van der Waals surface area contributed by atoms with Crippen molar-refractivity contribution in [2.75, 3.05) is 19.0 Å². The lowest BCUT2D eigenvalue weighted by Gasteiger charge is -2.11. The Balaban J connectivity index is 1.35. The quantitative estimate of drug-likeness (QED) is 0.287. The molecule has 5 aromatic rings. The van der Waals surface area contributed by atoms with E-state index in [2.05, 4.69) is 15.3 Å². The van der Waals surface area contributed by atoms with Gasteiger partial charge in [0.25, 0.3) is 5.91 Å². The van der Waals surface area contributed by atoms with Crippen molar-refractivity contribution in [3.05, 3.63) is 83.4 Å². The van der Waals surface area contributed by atoms with Gasteiger partial charge in [0.05, 0.1) is 34.1 Å². The van der Waals surface area contributed by atoms with E-state index < -0.39 is 18.5 Å². The highest BCUT2D eigenvalue weighted by Gasteiger charge is 2.18. The molecule has 35 heavy (non-hydrogen) atoms. The number of nitrogens with zero attached hydrogens (tertiary/aromatic N) is 2. The van der Waals surface area contributed by atoms with Gasteiger partial charge in [0.1, 0.15) is 5.75 Å². The molecule has 0 saturated carbocycles. The fourth-order valence-corrected chi connectivity index (χ4v) is 4.74. The number of rotatable bonds is 6. The zero-order chi connectivity index (χ0) is 24.4. The first-order valence-electron chi connectivity index (χ1n) is 10.6. The predicted octanol–water partition coefficient (Wildman–Crippen LogP) is 5.97. The number of hydrogen-bond acceptors (Lipinski definition) is 7. The minimum atomic E-state index is -0.638. The van der Waals surface area contributed by atoms with Gasteiger partial charge >= 0.3 is 5.97 Å². The molecule has 0 unspecified atom stereocenters. The van der Waals surface area contributed by atoms with Crippen molar-refractivity contribution in [1.29, 1.82) is 0 Å². The van der Waals surface area contributed by atoms with E-state index in [-0.39, 0.29) is 0 Å². The maximum atomic E-state index is 13.0. The van der Waals surface area contributed by atoms with E-state index >= 15 is 0 Å². The predicted molar refractivity (Wildman–Crippen MR) is 137 cm³/mol. The minimum absolute atomic E-state index is 0.297. The van der Waals surface area contributed by atoms with Crippen molar-refractivity contribution in [2.45, 2.75) is 0 Å². The number of nitrogens with one attached hydrogen (secondary N) is 1. The first kappa shape index (κ1) is 22.8. The van der Waals surface area contributed by atoms with Gasteiger partial charge in [-0.3, -0.25) is 10.1 Å². The van der Waals surface area contributed by atoms with Crippen LogP contribution in [0.15, 0.2) is 72.8 Å². The Bertz CT molecular complexity index is 1580. The Morgan fingerprint density at radius 3 is 2.60 bits per heavy atom. The Labute approximate surface area is 209 Å². The second-order valence-electron chi connectivity index (χ2n) is 7.53. The Hall–Kier alpha value is -4.01. The number of pyridine rings is 1. The summed E-state index contributed by atoms with van der Waals surface area (Å²) in [5, 5.41) is 4.22. The fraction of sp³-hybridized carbons (Fsp3) is 0.0769. The smallest absolute Gasteiger partial charge is 0.339 e. The first-order valence-corrected chi connectivity index (χ1v) is 11.8. The molecule has 0 aliphatic carbocycles. The van der Waals surface area contributed by atoms with Gasteiger partial charge in [-0.2, -0.15) is 0 Å². The zero-order valence-electron chi connectivity index (χ0n) is 18.4. The molecule has 2 aromatic heterocycles. The number of para-hydroxylation sites is 1. The summed E-state index contributed by atoms with van der Waals surface area (Å²) in [5.41, 5.74) is 2.88. The van der Waals surface area contributed by atoms with Gasteiger partial charge in [0.15, 0.2) is 11.7 Å². The number of halogens is 1. The lowest BCUT2D eigenvalue weighted by Crippen LogP contribution is -2.21. The average Bonchev–Trinajstić information content (AvgIpc) is 3.28. The van der Waals surface area contributed by atoms with Crippen molar-refractivity contribution < 1.29 is 19.1 Å². The summed E-state index contributed by atoms with van der Waals surface area (Å²) in [5.74, 6) is -0.427. The lowest BCUT2D eigenvalue weighted by atomic mass is 10.0. The summed E-state index contributed by atoms with van der Waals surface area (Å²) in [6.07, 6.45) is 0. The van der Waals surface area contributed by atoms with Crippen LogP contribution in [0.1, 0.15) is 10.4 Å². The summed E-state index contributed by atoms with van der Waals surface area (Å²) >= 11 is 7.65. The van der Waals surface area contributed by atoms with Crippen LogP contribution in [0.4, 0.5) is 5.13 Å². The zero-order valence-corrected chi connectivity index (χ0v) is 20.0. The number of thiazole rings is 1. The highest BCUT2D eigenvalue weighted by Crippen LogP contribution is 2.31. The maximum Gasteiger partial charge on any atom is 0.339 e. The summed E-state index contributed by atoms with van der Waals surface area (Å²) in [4.78, 5) is 34.5. The third-order valence-corrected chi connectivity index (χ3v) is 6.53. The van der Waals surface area contributed by atoms with Crippen LogP contribution in [-0.2, 0) is 9.53 Å². The third kappa shape index (κ3) is 4.80. The Morgan fingerprint density at radius 2 is 1.77 bits per heavy atom. The van der Waals surface area contributed by atoms with Crippen LogP contribution in [0.25, 0.3) is 32.4 Å². The number of carbonyl (C=O) groups is 2. The van der Waals surface area contributed by atoms with E-state index in [0.717, 1.165) is 10.2 Å². The molecule has 0 fully saturated rings. The molecule has 0 bridgehead atoms.